The molecule has 0 aliphatic rings. The molecule has 0 aromatic heterocycles. The predicted octanol–water partition coefficient (Wildman–Crippen LogP) is 1.81. The highest BCUT2D eigenvalue weighted by Crippen LogP contribution is 2.23. The Balaban J connectivity index is 3.22. The lowest BCUT2D eigenvalue weighted by molar-refractivity contribution is -0.138. The lowest BCUT2D eigenvalue weighted by Gasteiger charge is -2.08. The van der Waals surface area contributed by atoms with Crippen LogP contribution in [0.5, 0.6) is 0 Å². The van der Waals surface area contributed by atoms with Crippen LogP contribution in [0.15, 0.2) is 16.6 Å². The maximum atomic E-state index is 13.1. The van der Waals surface area contributed by atoms with Crippen molar-refractivity contribution in [2.24, 2.45) is 5.73 Å². The first-order valence-electron chi connectivity index (χ1n) is 3.56. The Hall–Kier alpha value is -1.01. The van der Waals surface area contributed by atoms with Gasteiger partial charge in [-0.3, -0.25) is 4.79 Å². The number of hydrogen-bond donors (Lipinski definition) is 2. The van der Waals surface area contributed by atoms with Gasteiger partial charge in [-0.2, -0.15) is 0 Å². The summed E-state index contributed by atoms with van der Waals surface area (Å²) in [6.07, 6.45) is 0. The van der Waals surface area contributed by atoms with Gasteiger partial charge in [-0.15, -0.1) is 0 Å². The fraction of sp³-hybridized carbons (Fsp3) is 0.125. The van der Waals surface area contributed by atoms with Gasteiger partial charge in [0.15, 0.2) is 0 Å². The molecule has 14 heavy (non-hydrogen) atoms. The summed E-state index contributed by atoms with van der Waals surface area (Å²) >= 11 is 2.76. The van der Waals surface area contributed by atoms with Crippen LogP contribution in [-0.2, 0) is 4.79 Å². The van der Waals surface area contributed by atoms with Crippen molar-refractivity contribution in [3.63, 3.8) is 0 Å². The SMILES string of the molecule is NC(C(=O)O)c1cc(F)c(Br)cc1F. The van der Waals surface area contributed by atoms with E-state index in [4.69, 9.17) is 10.8 Å². The molecule has 0 aliphatic heterocycles. The molecule has 3 nitrogen and oxygen atoms in total. The molecule has 0 saturated heterocycles. The number of halogens is 3. The number of hydrogen-bond acceptors (Lipinski definition) is 2. The van der Waals surface area contributed by atoms with Crippen LogP contribution in [0.2, 0.25) is 0 Å². The van der Waals surface area contributed by atoms with Gasteiger partial charge < -0.3 is 10.8 Å². The topological polar surface area (TPSA) is 63.3 Å². The zero-order chi connectivity index (χ0) is 10.9. The van der Waals surface area contributed by atoms with Crippen molar-refractivity contribution in [3.05, 3.63) is 33.8 Å². The second kappa shape index (κ2) is 4.02. The maximum Gasteiger partial charge on any atom is 0.325 e. The fourth-order valence-corrected chi connectivity index (χ4v) is 1.22. The third-order valence-corrected chi connectivity index (χ3v) is 2.25. The minimum atomic E-state index is -1.56. The zero-order valence-electron chi connectivity index (χ0n) is 6.80. The lowest BCUT2D eigenvalue weighted by atomic mass is 10.1. The fourth-order valence-electron chi connectivity index (χ4n) is 0.909. The van der Waals surface area contributed by atoms with Gasteiger partial charge in [-0.05, 0) is 28.1 Å². The van der Waals surface area contributed by atoms with Crippen LogP contribution in [0.3, 0.4) is 0 Å². The Labute approximate surface area is 86.7 Å². The van der Waals surface area contributed by atoms with E-state index in [-0.39, 0.29) is 10.0 Å². The quantitative estimate of drug-likeness (QED) is 0.802. The summed E-state index contributed by atoms with van der Waals surface area (Å²) in [6, 6.07) is 0.0451. The molecule has 0 amide bonds. The monoisotopic (exact) mass is 265 g/mol. The first-order chi connectivity index (χ1) is 6.43. The Morgan fingerprint density at radius 1 is 1.43 bits per heavy atom. The van der Waals surface area contributed by atoms with Crippen molar-refractivity contribution in [1.29, 1.82) is 0 Å². The molecule has 6 heteroatoms. The standard InChI is InChI=1S/C8H6BrF2NO2/c9-4-2-5(10)3(1-6(4)11)7(12)8(13)14/h1-2,7H,12H2,(H,13,14). The third kappa shape index (κ3) is 2.08. The average molecular weight is 266 g/mol. The number of carbonyl (C=O) groups is 1. The van der Waals surface area contributed by atoms with Gasteiger partial charge in [0.25, 0.3) is 0 Å². The van der Waals surface area contributed by atoms with E-state index in [1.54, 1.807) is 0 Å². The van der Waals surface area contributed by atoms with Gasteiger partial charge in [0.2, 0.25) is 0 Å². The molecule has 0 aliphatic carbocycles. The van der Waals surface area contributed by atoms with E-state index in [9.17, 15) is 13.6 Å². The van der Waals surface area contributed by atoms with Crippen molar-refractivity contribution < 1.29 is 18.7 Å². The van der Waals surface area contributed by atoms with Gasteiger partial charge in [-0.25, -0.2) is 8.78 Å². The molecule has 1 atom stereocenters. The van der Waals surface area contributed by atoms with Crippen LogP contribution in [0.25, 0.3) is 0 Å². The summed E-state index contributed by atoms with van der Waals surface area (Å²) in [7, 11) is 0. The molecule has 76 valence electrons. The van der Waals surface area contributed by atoms with Crippen LogP contribution in [0, 0.1) is 11.6 Å². The van der Waals surface area contributed by atoms with Crippen molar-refractivity contribution in [3.8, 4) is 0 Å². The summed E-state index contributed by atoms with van der Waals surface area (Å²) < 4.78 is 25.9. The maximum absolute atomic E-state index is 13.1. The molecule has 0 heterocycles. The molecule has 1 aromatic rings. The third-order valence-electron chi connectivity index (χ3n) is 1.64. The Bertz CT molecular complexity index is 384. The van der Waals surface area contributed by atoms with Crippen LogP contribution in [0.1, 0.15) is 11.6 Å². The van der Waals surface area contributed by atoms with E-state index in [0.717, 1.165) is 12.1 Å². The highest BCUT2D eigenvalue weighted by Gasteiger charge is 2.20. The lowest BCUT2D eigenvalue weighted by Crippen LogP contribution is -2.22. The minimum absolute atomic E-state index is 0.0728. The van der Waals surface area contributed by atoms with Crippen molar-refractivity contribution >= 4 is 21.9 Å². The van der Waals surface area contributed by atoms with Crippen molar-refractivity contribution in [1.82, 2.24) is 0 Å². The van der Waals surface area contributed by atoms with Crippen LogP contribution >= 0.6 is 15.9 Å². The van der Waals surface area contributed by atoms with Crippen molar-refractivity contribution in [2.75, 3.05) is 0 Å². The van der Waals surface area contributed by atoms with Crippen LogP contribution in [-0.4, -0.2) is 11.1 Å². The molecule has 3 N–H and O–H groups in total. The largest absolute Gasteiger partial charge is 0.480 e. The van der Waals surface area contributed by atoms with E-state index in [2.05, 4.69) is 15.9 Å². The van der Waals surface area contributed by atoms with E-state index >= 15 is 0 Å². The Morgan fingerprint density at radius 3 is 2.50 bits per heavy atom. The zero-order valence-corrected chi connectivity index (χ0v) is 8.38. The molecular formula is C8H6BrF2NO2. The van der Waals surface area contributed by atoms with Gasteiger partial charge in [0.1, 0.15) is 17.7 Å². The summed E-state index contributed by atoms with van der Waals surface area (Å²) in [5.41, 5.74) is 4.76. The van der Waals surface area contributed by atoms with E-state index in [1.165, 1.54) is 0 Å². The van der Waals surface area contributed by atoms with E-state index < -0.39 is 23.6 Å². The normalized spacial score (nSPS) is 12.6. The van der Waals surface area contributed by atoms with Gasteiger partial charge >= 0.3 is 5.97 Å². The van der Waals surface area contributed by atoms with E-state index in [1.807, 2.05) is 0 Å². The summed E-state index contributed by atoms with van der Waals surface area (Å²) in [4.78, 5) is 10.4. The molecule has 0 fully saturated rings. The van der Waals surface area contributed by atoms with Gasteiger partial charge in [-0.1, -0.05) is 0 Å². The number of carboxylic acids is 1. The molecule has 1 aromatic carbocycles. The highest BCUT2D eigenvalue weighted by atomic mass is 79.9. The number of benzene rings is 1. The first-order valence-corrected chi connectivity index (χ1v) is 4.35. The molecule has 1 rings (SSSR count). The van der Waals surface area contributed by atoms with Crippen LogP contribution in [0.4, 0.5) is 8.78 Å². The Morgan fingerprint density at radius 2 is 2.00 bits per heavy atom. The molecular weight excluding hydrogens is 260 g/mol. The number of rotatable bonds is 2. The molecule has 0 spiro atoms. The van der Waals surface area contributed by atoms with Gasteiger partial charge in [0, 0.05) is 5.56 Å². The number of aliphatic carboxylic acids is 1. The number of nitrogens with two attached hydrogens (primary N) is 1. The second-order valence-corrected chi connectivity index (χ2v) is 3.46. The van der Waals surface area contributed by atoms with Crippen LogP contribution < -0.4 is 5.73 Å². The average Bonchev–Trinajstić information content (AvgIpc) is 2.10. The number of carboxylic acid groups (broad SMARTS) is 1. The molecule has 0 saturated carbocycles. The predicted molar refractivity (Wildman–Crippen MR) is 48.6 cm³/mol. The summed E-state index contributed by atoms with van der Waals surface area (Å²) in [6.45, 7) is 0. The second-order valence-electron chi connectivity index (χ2n) is 2.60. The smallest absolute Gasteiger partial charge is 0.325 e. The first kappa shape index (κ1) is 11.1. The van der Waals surface area contributed by atoms with Crippen molar-refractivity contribution in [2.45, 2.75) is 6.04 Å². The summed E-state index contributed by atoms with van der Waals surface area (Å²) in [5, 5.41) is 8.49. The summed E-state index contributed by atoms with van der Waals surface area (Å²) in [5.74, 6) is -3.02. The molecule has 0 bridgehead atoms. The highest BCUT2D eigenvalue weighted by molar-refractivity contribution is 9.10. The van der Waals surface area contributed by atoms with E-state index in [0.29, 0.717) is 0 Å². The minimum Gasteiger partial charge on any atom is -0.480 e. The molecule has 0 radical (unpaired) electrons. The van der Waals surface area contributed by atoms with Gasteiger partial charge in [0.05, 0.1) is 4.47 Å². The molecule has 1 unspecified atom stereocenters. The Kier molecular flexibility index (Phi) is 3.17.